The maximum Gasteiger partial charge on any atom is 0.209 e. The molecule has 2 atom stereocenters. The first-order chi connectivity index (χ1) is 9.28. The number of anilines is 1. The predicted octanol–water partition coefficient (Wildman–Crippen LogP) is 1.74. The zero-order chi connectivity index (χ0) is 14.9. The number of hydrogen-bond donors (Lipinski definition) is 1. The van der Waals surface area contributed by atoms with Crippen molar-refractivity contribution in [3.8, 4) is 0 Å². The molecule has 2 unspecified atom stereocenters. The highest BCUT2D eigenvalue weighted by atomic mass is 35.5. The highest BCUT2D eigenvalue weighted by molar-refractivity contribution is 7.88. The fourth-order valence-corrected chi connectivity index (χ4v) is 3.73. The number of halogens is 1. The quantitative estimate of drug-likeness (QED) is 0.919. The fourth-order valence-electron chi connectivity index (χ4n) is 2.69. The topological polar surface area (TPSA) is 62.3 Å². The van der Waals surface area contributed by atoms with Crippen LogP contribution in [-0.4, -0.2) is 38.8 Å². The second kappa shape index (κ2) is 5.87. The van der Waals surface area contributed by atoms with Crippen LogP contribution in [0.15, 0.2) is 18.3 Å². The molecule has 1 N–H and O–H groups in total. The van der Waals surface area contributed by atoms with E-state index in [0.29, 0.717) is 17.5 Å². The Labute approximate surface area is 125 Å². The van der Waals surface area contributed by atoms with E-state index in [1.54, 1.807) is 18.3 Å². The number of nitrogens with zero attached hydrogens (tertiary/aromatic N) is 2. The van der Waals surface area contributed by atoms with Crippen LogP contribution in [-0.2, 0) is 10.0 Å². The molecule has 1 aromatic rings. The van der Waals surface area contributed by atoms with Gasteiger partial charge in [0.15, 0.2) is 0 Å². The SMILES string of the molecule is CC(C)C1CN(c2ncccc2Cl)CC1NS(C)(=O)=O. The number of nitrogens with one attached hydrogen (secondary N) is 1. The number of rotatable bonds is 4. The summed E-state index contributed by atoms with van der Waals surface area (Å²) in [6.07, 6.45) is 2.89. The smallest absolute Gasteiger partial charge is 0.209 e. The lowest BCUT2D eigenvalue weighted by Crippen LogP contribution is -2.41. The zero-order valence-corrected chi connectivity index (χ0v) is 13.4. The molecule has 0 saturated carbocycles. The van der Waals surface area contributed by atoms with E-state index in [2.05, 4.69) is 28.5 Å². The molecule has 0 spiro atoms. The Balaban J connectivity index is 2.22. The molecule has 112 valence electrons. The Bertz CT molecular complexity index is 577. The van der Waals surface area contributed by atoms with E-state index in [1.807, 2.05) is 0 Å². The maximum atomic E-state index is 11.5. The maximum absolute atomic E-state index is 11.5. The molecule has 5 nitrogen and oxygen atoms in total. The van der Waals surface area contributed by atoms with Crippen molar-refractivity contribution in [1.29, 1.82) is 0 Å². The van der Waals surface area contributed by atoms with Gasteiger partial charge in [0.25, 0.3) is 0 Å². The van der Waals surface area contributed by atoms with Crippen LogP contribution in [0.3, 0.4) is 0 Å². The van der Waals surface area contributed by atoms with E-state index in [-0.39, 0.29) is 12.0 Å². The molecular weight excluding hydrogens is 298 g/mol. The molecular formula is C13H20ClN3O2S. The molecule has 0 radical (unpaired) electrons. The van der Waals surface area contributed by atoms with Crippen molar-refractivity contribution < 1.29 is 8.42 Å². The van der Waals surface area contributed by atoms with Gasteiger partial charge < -0.3 is 4.90 Å². The standard InChI is InChI=1S/C13H20ClN3O2S/c1-9(2)10-7-17(8-12(10)16-20(3,18)19)13-11(14)5-4-6-15-13/h4-6,9-10,12,16H,7-8H2,1-3H3. The van der Waals surface area contributed by atoms with Crippen LogP contribution in [0.5, 0.6) is 0 Å². The molecule has 0 amide bonds. The molecule has 1 saturated heterocycles. The average Bonchev–Trinajstić information content (AvgIpc) is 2.71. The summed E-state index contributed by atoms with van der Waals surface area (Å²) in [5, 5.41) is 0.593. The average molecular weight is 318 g/mol. The lowest BCUT2D eigenvalue weighted by molar-refractivity contribution is 0.365. The summed E-state index contributed by atoms with van der Waals surface area (Å²) in [6, 6.07) is 3.47. The minimum atomic E-state index is -3.22. The Morgan fingerprint density at radius 3 is 2.70 bits per heavy atom. The Morgan fingerprint density at radius 2 is 2.15 bits per heavy atom. The number of pyridine rings is 1. The number of hydrogen-bond acceptors (Lipinski definition) is 4. The highest BCUT2D eigenvalue weighted by Crippen LogP contribution is 2.31. The van der Waals surface area contributed by atoms with Gasteiger partial charge in [0.1, 0.15) is 5.82 Å². The molecule has 0 bridgehead atoms. The van der Waals surface area contributed by atoms with Crippen molar-refractivity contribution in [1.82, 2.24) is 9.71 Å². The fraction of sp³-hybridized carbons (Fsp3) is 0.615. The summed E-state index contributed by atoms with van der Waals surface area (Å²) < 4.78 is 25.7. The largest absolute Gasteiger partial charge is 0.353 e. The van der Waals surface area contributed by atoms with Gasteiger partial charge >= 0.3 is 0 Å². The van der Waals surface area contributed by atoms with Gasteiger partial charge in [0, 0.05) is 25.3 Å². The summed E-state index contributed by atoms with van der Waals surface area (Å²) in [5.74, 6) is 1.34. The predicted molar refractivity (Wildman–Crippen MR) is 81.6 cm³/mol. The first-order valence-electron chi connectivity index (χ1n) is 6.60. The van der Waals surface area contributed by atoms with Gasteiger partial charge in [-0.15, -0.1) is 0 Å². The van der Waals surface area contributed by atoms with E-state index in [9.17, 15) is 8.42 Å². The van der Waals surface area contributed by atoms with Crippen LogP contribution in [0.2, 0.25) is 5.02 Å². The van der Waals surface area contributed by atoms with E-state index in [1.165, 1.54) is 6.26 Å². The van der Waals surface area contributed by atoms with Gasteiger partial charge in [0.05, 0.1) is 11.3 Å². The third-order valence-corrected chi connectivity index (χ3v) is 4.65. The van der Waals surface area contributed by atoms with Crippen LogP contribution < -0.4 is 9.62 Å². The van der Waals surface area contributed by atoms with Gasteiger partial charge in [-0.05, 0) is 24.0 Å². The summed E-state index contributed by atoms with van der Waals surface area (Å²) >= 11 is 6.17. The zero-order valence-electron chi connectivity index (χ0n) is 11.9. The van der Waals surface area contributed by atoms with Crippen LogP contribution in [0.1, 0.15) is 13.8 Å². The van der Waals surface area contributed by atoms with E-state index >= 15 is 0 Å². The van der Waals surface area contributed by atoms with Gasteiger partial charge in [0.2, 0.25) is 10.0 Å². The molecule has 0 aliphatic carbocycles. The lowest BCUT2D eigenvalue weighted by Gasteiger charge is -2.21. The van der Waals surface area contributed by atoms with Gasteiger partial charge in [-0.2, -0.15) is 0 Å². The second-order valence-corrected chi connectivity index (χ2v) is 7.81. The third kappa shape index (κ3) is 3.62. The summed E-state index contributed by atoms with van der Waals surface area (Å²) in [7, 11) is -3.22. The number of aromatic nitrogens is 1. The molecule has 20 heavy (non-hydrogen) atoms. The molecule has 1 aliphatic heterocycles. The Hall–Kier alpha value is -0.850. The highest BCUT2D eigenvalue weighted by Gasteiger charge is 2.37. The first-order valence-corrected chi connectivity index (χ1v) is 8.87. The van der Waals surface area contributed by atoms with Crippen LogP contribution >= 0.6 is 11.6 Å². The molecule has 1 fully saturated rings. The van der Waals surface area contributed by atoms with Crippen molar-refractivity contribution >= 4 is 27.4 Å². The summed E-state index contributed by atoms with van der Waals surface area (Å²) in [6.45, 7) is 5.55. The van der Waals surface area contributed by atoms with Gasteiger partial charge in [-0.25, -0.2) is 18.1 Å². The third-order valence-electron chi connectivity index (χ3n) is 3.63. The van der Waals surface area contributed by atoms with Crippen molar-refractivity contribution in [3.05, 3.63) is 23.4 Å². The van der Waals surface area contributed by atoms with Crippen LogP contribution in [0, 0.1) is 11.8 Å². The summed E-state index contributed by atoms with van der Waals surface area (Å²) in [4.78, 5) is 6.35. The van der Waals surface area contributed by atoms with Gasteiger partial charge in [-0.1, -0.05) is 25.4 Å². The van der Waals surface area contributed by atoms with Crippen LogP contribution in [0.4, 0.5) is 5.82 Å². The first kappa shape index (κ1) is 15.5. The van der Waals surface area contributed by atoms with E-state index in [4.69, 9.17) is 11.6 Å². The Kier molecular flexibility index (Phi) is 4.56. The molecule has 1 aliphatic rings. The normalized spacial score (nSPS) is 23.6. The Morgan fingerprint density at radius 1 is 1.45 bits per heavy atom. The van der Waals surface area contributed by atoms with Crippen molar-refractivity contribution in [2.75, 3.05) is 24.2 Å². The van der Waals surface area contributed by atoms with Gasteiger partial charge in [-0.3, -0.25) is 0 Å². The molecule has 2 rings (SSSR count). The van der Waals surface area contributed by atoms with Crippen molar-refractivity contribution in [2.24, 2.45) is 11.8 Å². The minimum absolute atomic E-state index is 0.108. The van der Waals surface area contributed by atoms with E-state index < -0.39 is 10.0 Å². The monoisotopic (exact) mass is 317 g/mol. The minimum Gasteiger partial charge on any atom is -0.353 e. The lowest BCUT2D eigenvalue weighted by atomic mass is 9.92. The second-order valence-electron chi connectivity index (χ2n) is 5.62. The number of sulfonamides is 1. The molecule has 1 aromatic heterocycles. The van der Waals surface area contributed by atoms with Crippen molar-refractivity contribution in [2.45, 2.75) is 19.9 Å². The van der Waals surface area contributed by atoms with E-state index in [0.717, 1.165) is 12.4 Å². The molecule has 2 heterocycles. The summed E-state index contributed by atoms with van der Waals surface area (Å²) in [5.41, 5.74) is 0. The molecule has 0 aromatic carbocycles. The van der Waals surface area contributed by atoms with Crippen molar-refractivity contribution in [3.63, 3.8) is 0 Å². The molecule has 7 heteroatoms. The van der Waals surface area contributed by atoms with Crippen LogP contribution in [0.25, 0.3) is 0 Å².